The normalized spacial score (nSPS) is 19.5. The molecule has 1 aromatic heterocycles. The number of hydrogen-bond acceptors (Lipinski definition) is 5. The smallest absolute Gasteiger partial charge is 0.258 e. The van der Waals surface area contributed by atoms with Crippen molar-refractivity contribution in [2.75, 3.05) is 36.0 Å². The van der Waals surface area contributed by atoms with E-state index in [0.29, 0.717) is 43.3 Å². The number of unbranched alkanes of at least 4 members (excludes halogenated alkanes) is 1. The maximum atomic E-state index is 14.3. The number of pyridine rings is 1. The number of nitrogens with two attached hydrogens (primary N) is 1. The molecule has 1 fully saturated rings. The second-order valence-corrected chi connectivity index (χ2v) is 9.44. The van der Waals surface area contributed by atoms with Gasteiger partial charge in [0.1, 0.15) is 23.2 Å². The van der Waals surface area contributed by atoms with Gasteiger partial charge in [0.2, 0.25) is 0 Å². The summed E-state index contributed by atoms with van der Waals surface area (Å²) in [5.74, 6) is 0.161. The summed E-state index contributed by atoms with van der Waals surface area (Å²) < 4.78 is 33.8. The van der Waals surface area contributed by atoms with Crippen LogP contribution < -0.4 is 20.3 Å². The zero-order valence-electron chi connectivity index (χ0n) is 20.3. The van der Waals surface area contributed by atoms with Crippen molar-refractivity contribution in [2.24, 2.45) is 5.73 Å². The summed E-state index contributed by atoms with van der Waals surface area (Å²) in [7, 11) is 0. The van der Waals surface area contributed by atoms with Crippen LogP contribution in [0.5, 0.6) is 5.75 Å². The Hall–Kier alpha value is -3.52. The third kappa shape index (κ3) is 4.78. The number of carbonyl (C=O) groups is 1. The Kier molecular flexibility index (Phi) is 6.87. The molecule has 1 amide bonds. The molecule has 188 valence electrons. The van der Waals surface area contributed by atoms with E-state index in [4.69, 9.17) is 10.5 Å². The van der Waals surface area contributed by atoms with Gasteiger partial charge in [-0.05, 0) is 72.5 Å². The molecule has 2 N–H and O–H groups in total. The number of halogens is 2. The van der Waals surface area contributed by atoms with Gasteiger partial charge in [-0.3, -0.25) is 4.79 Å². The molecule has 5 rings (SSSR count). The molecule has 0 aliphatic carbocycles. The number of rotatable bonds is 7. The van der Waals surface area contributed by atoms with E-state index in [1.54, 1.807) is 11.1 Å². The first-order chi connectivity index (χ1) is 17.4. The standard InChI is InChI=1S/C28H30F2N4O2/c1-2-3-12-36-21-6-7-22-18(13-21)10-11-34(28(22)35)20-5-9-27(32-15-20)33-16-24(26(31)17-33)23-14-19(29)4-8-25(23)30/h4-9,13-15,24,26H,2-3,10-12,16-17,31H2,1H3/t24-,26+/m1/s1. The van der Waals surface area contributed by atoms with E-state index in [-0.39, 0.29) is 23.4 Å². The predicted octanol–water partition coefficient (Wildman–Crippen LogP) is 4.67. The minimum absolute atomic E-state index is 0.0595. The summed E-state index contributed by atoms with van der Waals surface area (Å²) in [6.07, 6.45) is 4.48. The van der Waals surface area contributed by atoms with Crippen molar-refractivity contribution >= 4 is 17.4 Å². The van der Waals surface area contributed by atoms with Crippen molar-refractivity contribution < 1.29 is 18.3 Å². The van der Waals surface area contributed by atoms with Crippen molar-refractivity contribution in [2.45, 2.75) is 38.1 Å². The molecular formula is C28H30F2N4O2. The van der Waals surface area contributed by atoms with Crippen molar-refractivity contribution in [3.05, 3.63) is 83.1 Å². The van der Waals surface area contributed by atoms with Crippen LogP contribution in [0.2, 0.25) is 0 Å². The predicted molar refractivity (Wildman–Crippen MR) is 136 cm³/mol. The number of nitrogens with zero attached hydrogens (tertiary/aromatic N) is 3. The van der Waals surface area contributed by atoms with Gasteiger partial charge < -0.3 is 20.3 Å². The lowest BCUT2D eigenvalue weighted by atomic mass is 9.94. The van der Waals surface area contributed by atoms with E-state index in [1.165, 1.54) is 6.07 Å². The van der Waals surface area contributed by atoms with Gasteiger partial charge in [0.25, 0.3) is 5.91 Å². The number of amides is 1. The van der Waals surface area contributed by atoms with E-state index in [9.17, 15) is 13.6 Å². The maximum Gasteiger partial charge on any atom is 0.258 e. The van der Waals surface area contributed by atoms with Crippen LogP contribution in [0.25, 0.3) is 0 Å². The molecule has 0 unspecified atom stereocenters. The second-order valence-electron chi connectivity index (χ2n) is 9.44. The van der Waals surface area contributed by atoms with Crippen LogP contribution in [0.15, 0.2) is 54.7 Å². The van der Waals surface area contributed by atoms with E-state index in [0.717, 1.165) is 42.7 Å². The first-order valence-corrected chi connectivity index (χ1v) is 12.4. The SMILES string of the molecule is CCCCOc1ccc2c(c1)CCN(c1ccc(N3C[C@H](c4cc(F)ccc4F)[C@@H](N)C3)nc1)C2=O. The molecule has 36 heavy (non-hydrogen) atoms. The lowest BCUT2D eigenvalue weighted by Crippen LogP contribution is -2.37. The maximum absolute atomic E-state index is 14.3. The topological polar surface area (TPSA) is 71.7 Å². The molecule has 0 radical (unpaired) electrons. The van der Waals surface area contributed by atoms with Crippen LogP contribution in [0.3, 0.4) is 0 Å². The lowest BCUT2D eigenvalue weighted by Gasteiger charge is -2.29. The molecule has 1 saturated heterocycles. The fraction of sp³-hybridized carbons (Fsp3) is 0.357. The quantitative estimate of drug-likeness (QED) is 0.485. The van der Waals surface area contributed by atoms with Gasteiger partial charge in [-0.2, -0.15) is 0 Å². The van der Waals surface area contributed by atoms with E-state index in [2.05, 4.69) is 11.9 Å². The molecule has 2 aliphatic rings. The van der Waals surface area contributed by atoms with Gasteiger partial charge in [0.05, 0.1) is 18.5 Å². The van der Waals surface area contributed by atoms with Crippen LogP contribution >= 0.6 is 0 Å². The Morgan fingerprint density at radius 2 is 1.97 bits per heavy atom. The number of benzene rings is 2. The van der Waals surface area contributed by atoms with Crippen molar-refractivity contribution in [1.29, 1.82) is 0 Å². The molecule has 0 bridgehead atoms. The van der Waals surface area contributed by atoms with Crippen molar-refractivity contribution in [3.8, 4) is 5.75 Å². The fourth-order valence-corrected chi connectivity index (χ4v) is 5.00. The summed E-state index contributed by atoms with van der Waals surface area (Å²) in [6, 6.07) is 12.5. The summed E-state index contributed by atoms with van der Waals surface area (Å²) in [5.41, 5.74) is 8.97. The molecule has 8 heteroatoms. The molecule has 6 nitrogen and oxygen atoms in total. The van der Waals surface area contributed by atoms with Gasteiger partial charge in [-0.1, -0.05) is 13.3 Å². The van der Waals surface area contributed by atoms with E-state index >= 15 is 0 Å². The largest absolute Gasteiger partial charge is 0.494 e. The van der Waals surface area contributed by atoms with Crippen LogP contribution in [0, 0.1) is 11.6 Å². The van der Waals surface area contributed by atoms with Crippen molar-refractivity contribution in [1.82, 2.24) is 4.98 Å². The number of anilines is 2. The van der Waals surface area contributed by atoms with Gasteiger partial charge in [-0.15, -0.1) is 0 Å². The highest BCUT2D eigenvalue weighted by Gasteiger charge is 2.34. The third-order valence-corrected chi connectivity index (χ3v) is 7.01. The summed E-state index contributed by atoms with van der Waals surface area (Å²) >= 11 is 0. The molecule has 2 atom stereocenters. The van der Waals surface area contributed by atoms with Gasteiger partial charge >= 0.3 is 0 Å². The molecule has 0 spiro atoms. The molecule has 2 aromatic carbocycles. The zero-order valence-corrected chi connectivity index (χ0v) is 20.3. The Labute approximate surface area is 209 Å². The second kappa shape index (κ2) is 10.2. The number of carbonyl (C=O) groups excluding carboxylic acids is 1. The van der Waals surface area contributed by atoms with Crippen LogP contribution in [-0.2, 0) is 6.42 Å². The summed E-state index contributed by atoms with van der Waals surface area (Å²) in [6.45, 7) is 4.27. The lowest BCUT2D eigenvalue weighted by molar-refractivity contribution is 0.0980. The van der Waals surface area contributed by atoms with E-state index in [1.807, 2.05) is 35.2 Å². The molecule has 2 aliphatic heterocycles. The van der Waals surface area contributed by atoms with Gasteiger partial charge in [-0.25, -0.2) is 13.8 Å². The Morgan fingerprint density at radius 1 is 1.11 bits per heavy atom. The highest BCUT2D eigenvalue weighted by Crippen LogP contribution is 2.33. The van der Waals surface area contributed by atoms with Gasteiger partial charge in [0.15, 0.2) is 0 Å². The van der Waals surface area contributed by atoms with Crippen LogP contribution in [0.4, 0.5) is 20.3 Å². The highest BCUT2D eigenvalue weighted by molar-refractivity contribution is 6.08. The fourth-order valence-electron chi connectivity index (χ4n) is 5.00. The Morgan fingerprint density at radius 3 is 2.75 bits per heavy atom. The van der Waals surface area contributed by atoms with E-state index < -0.39 is 11.6 Å². The third-order valence-electron chi connectivity index (χ3n) is 7.01. The molecule has 3 aromatic rings. The van der Waals surface area contributed by atoms with Crippen LogP contribution in [-0.4, -0.2) is 43.2 Å². The number of fused-ring (bicyclic) bond motifs is 1. The first kappa shape index (κ1) is 24.2. The minimum atomic E-state index is -0.479. The number of hydrogen-bond donors (Lipinski definition) is 1. The molecule has 3 heterocycles. The Balaban J connectivity index is 1.28. The summed E-state index contributed by atoms with van der Waals surface area (Å²) in [4.78, 5) is 21.5. The first-order valence-electron chi connectivity index (χ1n) is 12.4. The highest BCUT2D eigenvalue weighted by atomic mass is 19.1. The van der Waals surface area contributed by atoms with Crippen LogP contribution in [0.1, 0.15) is 47.2 Å². The Bertz CT molecular complexity index is 1250. The molecule has 0 saturated carbocycles. The minimum Gasteiger partial charge on any atom is -0.494 e. The molecular weight excluding hydrogens is 462 g/mol. The average molecular weight is 493 g/mol. The number of aromatic nitrogens is 1. The summed E-state index contributed by atoms with van der Waals surface area (Å²) in [5, 5.41) is 0. The van der Waals surface area contributed by atoms with Crippen molar-refractivity contribution in [3.63, 3.8) is 0 Å². The average Bonchev–Trinajstić information content (AvgIpc) is 3.27. The number of ether oxygens (including phenoxy) is 1. The van der Waals surface area contributed by atoms with Gasteiger partial charge in [0, 0.05) is 37.2 Å². The zero-order chi connectivity index (χ0) is 25.2. The monoisotopic (exact) mass is 492 g/mol.